The number of hydrogen-bond acceptors (Lipinski definition) is 3. The van der Waals surface area contributed by atoms with Crippen molar-refractivity contribution in [2.75, 3.05) is 19.6 Å². The molecule has 4 nitrogen and oxygen atoms in total. The Morgan fingerprint density at radius 1 is 1.12 bits per heavy atom. The SMILES string of the molecule is CCN(CCc1ccccc1)C(=O)CCCNC(=O)c1cccs1. The Morgan fingerprint density at radius 2 is 1.92 bits per heavy atom. The van der Waals surface area contributed by atoms with Gasteiger partial charge in [0.1, 0.15) is 0 Å². The minimum Gasteiger partial charge on any atom is -0.351 e. The van der Waals surface area contributed by atoms with Crippen LogP contribution < -0.4 is 5.32 Å². The molecular weight excluding hydrogens is 320 g/mol. The van der Waals surface area contributed by atoms with Crippen molar-refractivity contribution in [2.24, 2.45) is 0 Å². The van der Waals surface area contributed by atoms with Crippen molar-refractivity contribution in [3.63, 3.8) is 0 Å². The quantitative estimate of drug-likeness (QED) is 0.709. The molecule has 0 saturated heterocycles. The van der Waals surface area contributed by atoms with Gasteiger partial charge in [0.15, 0.2) is 0 Å². The van der Waals surface area contributed by atoms with Crippen molar-refractivity contribution >= 4 is 23.2 Å². The molecule has 2 rings (SSSR count). The maximum Gasteiger partial charge on any atom is 0.261 e. The number of nitrogens with one attached hydrogen (secondary N) is 1. The minimum atomic E-state index is -0.0612. The summed E-state index contributed by atoms with van der Waals surface area (Å²) in [5.74, 6) is 0.0904. The van der Waals surface area contributed by atoms with Gasteiger partial charge in [-0.15, -0.1) is 11.3 Å². The summed E-state index contributed by atoms with van der Waals surface area (Å²) in [4.78, 5) is 26.7. The Kier molecular flexibility index (Phi) is 7.49. The Balaban J connectivity index is 1.67. The zero-order valence-electron chi connectivity index (χ0n) is 14.0. The number of benzene rings is 1. The summed E-state index contributed by atoms with van der Waals surface area (Å²) >= 11 is 1.42. The van der Waals surface area contributed by atoms with Gasteiger partial charge in [-0.1, -0.05) is 36.4 Å². The van der Waals surface area contributed by atoms with Gasteiger partial charge in [0, 0.05) is 26.1 Å². The molecule has 1 heterocycles. The number of amides is 2. The first-order valence-corrected chi connectivity index (χ1v) is 9.22. The molecule has 0 unspecified atom stereocenters. The van der Waals surface area contributed by atoms with Crippen LogP contribution >= 0.6 is 11.3 Å². The van der Waals surface area contributed by atoms with Crippen LogP contribution in [0.5, 0.6) is 0 Å². The van der Waals surface area contributed by atoms with Gasteiger partial charge < -0.3 is 10.2 Å². The van der Waals surface area contributed by atoms with Crippen LogP contribution in [0, 0.1) is 0 Å². The molecule has 0 saturated carbocycles. The number of carbonyl (C=O) groups is 2. The van der Waals surface area contributed by atoms with Gasteiger partial charge in [-0.2, -0.15) is 0 Å². The molecule has 24 heavy (non-hydrogen) atoms. The second-order valence-electron chi connectivity index (χ2n) is 5.55. The molecule has 0 spiro atoms. The van der Waals surface area contributed by atoms with E-state index >= 15 is 0 Å². The molecule has 0 atom stereocenters. The van der Waals surface area contributed by atoms with Crippen LogP contribution in [0.1, 0.15) is 35.0 Å². The number of nitrogens with zero attached hydrogens (tertiary/aromatic N) is 1. The molecule has 0 bridgehead atoms. The zero-order chi connectivity index (χ0) is 17.2. The lowest BCUT2D eigenvalue weighted by molar-refractivity contribution is -0.131. The van der Waals surface area contributed by atoms with Crippen LogP contribution in [0.2, 0.25) is 0 Å². The van der Waals surface area contributed by atoms with E-state index in [1.807, 2.05) is 41.5 Å². The standard InChI is InChI=1S/C19H24N2O2S/c1-2-21(14-12-16-8-4-3-5-9-16)18(22)11-6-13-20-19(23)17-10-7-15-24-17/h3-5,7-10,15H,2,6,11-14H2,1H3,(H,20,23). The highest BCUT2D eigenvalue weighted by molar-refractivity contribution is 7.12. The van der Waals surface area contributed by atoms with Crippen molar-refractivity contribution in [1.29, 1.82) is 0 Å². The van der Waals surface area contributed by atoms with Gasteiger partial charge >= 0.3 is 0 Å². The smallest absolute Gasteiger partial charge is 0.261 e. The van der Waals surface area contributed by atoms with E-state index in [9.17, 15) is 9.59 Å². The first-order valence-electron chi connectivity index (χ1n) is 8.34. The molecule has 1 aromatic heterocycles. The fraction of sp³-hybridized carbons (Fsp3) is 0.368. The topological polar surface area (TPSA) is 49.4 Å². The largest absolute Gasteiger partial charge is 0.351 e. The van der Waals surface area contributed by atoms with Crippen LogP contribution in [-0.2, 0) is 11.2 Å². The van der Waals surface area contributed by atoms with Crippen LogP contribution in [0.4, 0.5) is 0 Å². The van der Waals surface area contributed by atoms with Crippen LogP contribution in [-0.4, -0.2) is 36.3 Å². The van der Waals surface area contributed by atoms with Crippen molar-refractivity contribution in [2.45, 2.75) is 26.2 Å². The highest BCUT2D eigenvalue weighted by Crippen LogP contribution is 2.08. The van der Waals surface area contributed by atoms with Crippen molar-refractivity contribution in [3.05, 3.63) is 58.3 Å². The molecule has 0 radical (unpaired) electrons. The van der Waals surface area contributed by atoms with Gasteiger partial charge in [0.05, 0.1) is 4.88 Å². The fourth-order valence-electron chi connectivity index (χ4n) is 2.46. The predicted octanol–water partition coefficient (Wildman–Crippen LogP) is 3.35. The molecule has 2 amide bonds. The summed E-state index contributed by atoms with van der Waals surface area (Å²) < 4.78 is 0. The predicted molar refractivity (Wildman–Crippen MR) is 98.3 cm³/mol. The van der Waals surface area contributed by atoms with E-state index in [2.05, 4.69) is 17.4 Å². The summed E-state index contributed by atoms with van der Waals surface area (Å²) in [6.45, 7) is 3.98. The molecule has 1 N–H and O–H groups in total. The van der Waals surface area contributed by atoms with Crippen LogP contribution in [0.15, 0.2) is 47.8 Å². The van der Waals surface area contributed by atoms with Gasteiger partial charge in [-0.25, -0.2) is 0 Å². The lowest BCUT2D eigenvalue weighted by atomic mass is 10.1. The first-order chi connectivity index (χ1) is 11.7. The third-order valence-electron chi connectivity index (χ3n) is 3.85. The third-order valence-corrected chi connectivity index (χ3v) is 4.71. The van der Waals surface area contributed by atoms with Crippen molar-refractivity contribution < 1.29 is 9.59 Å². The fourth-order valence-corrected chi connectivity index (χ4v) is 3.10. The van der Waals surface area contributed by atoms with Crippen LogP contribution in [0.25, 0.3) is 0 Å². The van der Waals surface area contributed by atoms with E-state index in [0.717, 1.165) is 13.0 Å². The molecule has 0 aliphatic rings. The van der Waals surface area contributed by atoms with E-state index in [1.54, 1.807) is 6.07 Å². The Bertz CT molecular complexity index is 626. The van der Waals surface area contributed by atoms with E-state index in [-0.39, 0.29) is 11.8 Å². The van der Waals surface area contributed by atoms with Crippen molar-refractivity contribution in [3.8, 4) is 0 Å². The minimum absolute atomic E-state index is 0.0612. The van der Waals surface area contributed by atoms with Gasteiger partial charge in [-0.3, -0.25) is 9.59 Å². The molecule has 2 aromatic rings. The van der Waals surface area contributed by atoms with E-state index < -0.39 is 0 Å². The second-order valence-corrected chi connectivity index (χ2v) is 6.49. The van der Waals surface area contributed by atoms with E-state index in [4.69, 9.17) is 0 Å². The highest BCUT2D eigenvalue weighted by Gasteiger charge is 2.12. The molecular formula is C19H24N2O2S. The van der Waals surface area contributed by atoms with E-state index in [1.165, 1.54) is 16.9 Å². The maximum atomic E-state index is 12.3. The lowest BCUT2D eigenvalue weighted by Gasteiger charge is -2.21. The first kappa shape index (κ1) is 18.2. The van der Waals surface area contributed by atoms with E-state index in [0.29, 0.717) is 30.8 Å². The number of rotatable bonds is 9. The number of carbonyl (C=O) groups excluding carboxylic acids is 2. The van der Waals surface area contributed by atoms with Gasteiger partial charge in [0.25, 0.3) is 5.91 Å². The maximum absolute atomic E-state index is 12.3. The molecule has 1 aromatic carbocycles. The molecule has 5 heteroatoms. The normalized spacial score (nSPS) is 10.4. The summed E-state index contributed by atoms with van der Waals surface area (Å²) in [5, 5.41) is 4.74. The summed E-state index contributed by atoms with van der Waals surface area (Å²) in [6.07, 6.45) is 2.00. The average molecular weight is 344 g/mol. The van der Waals surface area contributed by atoms with Crippen molar-refractivity contribution in [1.82, 2.24) is 10.2 Å². The lowest BCUT2D eigenvalue weighted by Crippen LogP contribution is -2.33. The molecule has 0 aliphatic heterocycles. The summed E-state index contributed by atoms with van der Waals surface area (Å²) in [7, 11) is 0. The Labute approximate surface area is 147 Å². The molecule has 0 aliphatic carbocycles. The van der Waals surface area contributed by atoms with Gasteiger partial charge in [-0.05, 0) is 36.8 Å². The highest BCUT2D eigenvalue weighted by atomic mass is 32.1. The third kappa shape index (κ3) is 5.81. The average Bonchev–Trinajstić information content (AvgIpc) is 3.14. The summed E-state index contributed by atoms with van der Waals surface area (Å²) in [6, 6.07) is 13.9. The molecule has 128 valence electrons. The molecule has 0 fully saturated rings. The Hall–Kier alpha value is -2.14. The van der Waals surface area contributed by atoms with Gasteiger partial charge in [0.2, 0.25) is 5.91 Å². The second kappa shape index (κ2) is 9.88. The Morgan fingerprint density at radius 3 is 2.58 bits per heavy atom. The van der Waals surface area contributed by atoms with Crippen LogP contribution in [0.3, 0.4) is 0 Å². The zero-order valence-corrected chi connectivity index (χ0v) is 14.8. The monoisotopic (exact) mass is 344 g/mol. The number of thiophene rings is 1. The summed E-state index contributed by atoms with van der Waals surface area (Å²) in [5.41, 5.74) is 1.24. The number of hydrogen-bond donors (Lipinski definition) is 1. The number of likely N-dealkylation sites (N-methyl/N-ethyl adjacent to an activating group) is 1.